The summed E-state index contributed by atoms with van der Waals surface area (Å²) in [5.74, 6) is -1.40. The predicted molar refractivity (Wildman–Crippen MR) is 123 cm³/mol. The van der Waals surface area contributed by atoms with Crippen molar-refractivity contribution in [2.75, 3.05) is 6.61 Å². The van der Waals surface area contributed by atoms with Crippen LogP contribution in [0, 0.1) is 11.8 Å². The lowest BCUT2D eigenvalue weighted by molar-refractivity contribution is -0.142. The Bertz CT molecular complexity index is 838. The van der Waals surface area contributed by atoms with E-state index in [1.165, 1.54) is 0 Å². The van der Waals surface area contributed by atoms with E-state index in [0.717, 1.165) is 22.3 Å². The van der Waals surface area contributed by atoms with Crippen LogP contribution in [0.3, 0.4) is 0 Å². The number of ether oxygens (including phenoxy) is 1. The molecule has 0 aliphatic heterocycles. The molecule has 0 aliphatic carbocycles. The molecule has 2 rings (SSSR count). The van der Waals surface area contributed by atoms with Gasteiger partial charge in [0.25, 0.3) is 0 Å². The Morgan fingerprint density at radius 3 is 1.90 bits per heavy atom. The zero-order valence-electron chi connectivity index (χ0n) is 18.3. The first-order chi connectivity index (χ1) is 14.3. The number of aliphatic carboxylic acids is 1. The van der Waals surface area contributed by atoms with Gasteiger partial charge in [0.15, 0.2) is 0 Å². The average molecular weight is 409 g/mol. The minimum absolute atomic E-state index is 0.0510. The fraction of sp³-hybridized carbons (Fsp3) is 0.308. The Morgan fingerprint density at radius 2 is 1.47 bits per heavy atom. The summed E-state index contributed by atoms with van der Waals surface area (Å²) in [5, 5.41) is 8.91. The average Bonchev–Trinajstić information content (AvgIpc) is 2.79. The number of carboxylic acids is 1. The number of hydrogen-bond donors (Lipinski definition) is 1. The van der Waals surface area contributed by atoms with Crippen molar-refractivity contribution in [3.8, 4) is 0 Å². The molecule has 0 unspecified atom stereocenters. The van der Waals surface area contributed by atoms with Crippen molar-refractivity contribution in [1.82, 2.24) is 0 Å². The molecule has 0 saturated carbocycles. The SMILES string of the molecule is C/C=C(/COC(=O)CC)c1ccccc1.C=C(c1ccccc1)[C@@H](C)[C@H](C)C(=O)O. The Balaban J connectivity index is 0.000000300. The van der Waals surface area contributed by atoms with E-state index in [1.54, 1.807) is 13.8 Å². The van der Waals surface area contributed by atoms with Crippen LogP contribution < -0.4 is 0 Å². The van der Waals surface area contributed by atoms with E-state index in [-0.39, 0.29) is 11.9 Å². The predicted octanol–water partition coefficient (Wildman–Crippen LogP) is 6.10. The lowest BCUT2D eigenvalue weighted by atomic mass is 9.86. The van der Waals surface area contributed by atoms with Gasteiger partial charge in [-0.15, -0.1) is 0 Å². The summed E-state index contributed by atoms with van der Waals surface area (Å²) in [6.07, 6.45) is 2.39. The minimum atomic E-state index is -0.778. The number of carbonyl (C=O) groups is 2. The van der Waals surface area contributed by atoms with Crippen molar-refractivity contribution >= 4 is 23.1 Å². The lowest BCUT2D eigenvalue weighted by Gasteiger charge is -2.18. The molecule has 30 heavy (non-hydrogen) atoms. The van der Waals surface area contributed by atoms with Crippen LogP contribution in [0.4, 0.5) is 0 Å². The second-order valence-corrected chi connectivity index (χ2v) is 7.00. The topological polar surface area (TPSA) is 63.6 Å². The van der Waals surface area contributed by atoms with Crippen LogP contribution >= 0.6 is 0 Å². The fourth-order valence-corrected chi connectivity index (χ4v) is 2.68. The number of allylic oxidation sites excluding steroid dienone is 2. The molecule has 0 radical (unpaired) electrons. The van der Waals surface area contributed by atoms with Crippen molar-refractivity contribution in [2.24, 2.45) is 11.8 Å². The molecule has 0 fully saturated rings. The van der Waals surface area contributed by atoms with Crippen LogP contribution in [0.25, 0.3) is 11.1 Å². The van der Waals surface area contributed by atoms with Gasteiger partial charge in [-0.3, -0.25) is 9.59 Å². The maximum absolute atomic E-state index is 11.0. The van der Waals surface area contributed by atoms with Crippen LogP contribution in [0.2, 0.25) is 0 Å². The van der Waals surface area contributed by atoms with Crippen molar-refractivity contribution in [3.63, 3.8) is 0 Å². The summed E-state index contributed by atoms with van der Waals surface area (Å²) < 4.78 is 5.09. The molecule has 160 valence electrons. The summed E-state index contributed by atoms with van der Waals surface area (Å²) >= 11 is 0. The molecule has 2 atom stereocenters. The molecule has 0 amide bonds. The highest BCUT2D eigenvalue weighted by Crippen LogP contribution is 2.27. The van der Waals surface area contributed by atoms with Gasteiger partial charge < -0.3 is 9.84 Å². The number of carbonyl (C=O) groups excluding carboxylic acids is 1. The first-order valence-corrected chi connectivity index (χ1v) is 10.1. The quantitative estimate of drug-likeness (QED) is 0.536. The van der Waals surface area contributed by atoms with Gasteiger partial charge >= 0.3 is 11.9 Å². The maximum Gasteiger partial charge on any atom is 0.306 e. The van der Waals surface area contributed by atoms with Crippen LogP contribution in [-0.2, 0) is 14.3 Å². The highest BCUT2D eigenvalue weighted by atomic mass is 16.5. The molecule has 0 saturated heterocycles. The molecular formula is C26H32O4. The highest BCUT2D eigenvalue weighted by molar-refractivity contribution is 5.75. The summed E-state index contributed by atoms with van der Waals surface area (Å²) in [4.78, 5) is 21.8. The first kappa shape index (κ1) is 24.9. The molecule has 0 bridgehead atoms. The van der Waals surface area contributed by atoms with Gasteiger partial charge in [0.2, 0.25) is 0 Å². The summed E-state index contributed by atoms with van der Waals surface area (Å²) in [7, 11) is 0. The first-order valence-electron chi connectivity index (χ1n) is 10.1. The largest absolute Gasteiger partial charge is 0.481 e. The van der Waals surface area contributed by atoms with E-state index in [0.29, 0.717) is 13.0 Å². The molecule has 1 N–H and O–H groups in total. The van der Waals surface area contributed by atoms with Crippen molar-refractivity contribution < 1.29 is 19.4 Å². The third-order valence-electron chi connectivity index (χ3n) is 5.00. The number of hydrogen-bond acceptors (Lipinski definition) is 3. The Morgan fingerprint density at radius 1 is 0.967 bits per heavy atom. The van der Waals surface area contributed by atoms with E-state index in [2.05, 4.69) is 6.58 Å². The van der Waals surface area contributed by atoms with E-state index in [1.807, 2.05) is 80.6 Å². The molecular weight excluding hydrogens is 376 g/mol. The Labute approximate surface area is 179 Å². The van der Waals surface area contributed by atoms with Gasteiger partial charge in [0.1, 0.15) is 6.61 Å². The van der Waals surface area contributed by atoms with Crippen LogP contribution in [0.15, 0.2) is 73.3 Å². The van der Waals surface area contributed by atoms with Crippen molar-refractivity contribution in [3.05, 3.63) is 84.4 Å². The van der Waals surface area contributed by atoms with Gasteiger partial charge in [-0.25, -0.2) is 0 Å². The number of rotatable bonds is 8. The van der Waals surface area contributed by atoms with Crippen LogP contribution in [-0.4, -0.2) is 23.7 Å². The lowest BCUT2D eigenvalue weighted by Crippen LogP contribution is -2.18. The molecule has 0 aliphatic rings. The third-order valence-corrected chi connectivity index (χ3v) is 5.00. The van der Waals surface area contributed by atoms with Gasteiger partial charge in [-0.05, 0) is 35.1 Å². The van der Waals surface area contributed by atoms with E-state index >= 15 is 0 Å². The van der Waals surface area contributed by atoms with E-state index < -0.39 is 11.9 Å². The second kappa shape index (κ2) is 13.2. The molecule has 0 aromatic heterocycles. The Hall–Kier alpha value is -3.14. The molecule has 0 spiro atoms. The smallest absolute Gasteiger partial charge is 0.306 e. The van der Waals surface area contributed by atoms with Gasteiger partial charge in [0.05, 0.1) is 5.92 Å². The standard InChI is InChI=1S/2C13H16O2/c1-9(11(3)13(14)15)10(2)12-7-5-4-6-8-12;1-3-11(10-15-13(14)4-2)12-8-6-5-7-9-12/h4-9,11H,2H2,1,3H3,(H,14,15);3,5-9H,4,10H2,1-2H3/b;11-3-/t9-,11+;/m1./s1. The van der Waals surface area contributed by atoms with Crippen LogP contribution in [0.5, 0.6) is 0 Å². The van der Waals surface area contributed by atoms with E-state index in [9.17, 15) is 9.59 Å². The summed E-state index contributed by atoms with van der Waals surface area (Å²) in [6.45, 7) is 11.7. The van der Waals surface area contributed by atoms with E-state index in [4.69, 9.17) is 9.84 Å². The molecule has 4 heteroatoms. The monoisotopic (exact) mass is 408 g/mol. The summed E-state index contributed by atoms with van der Waals surface area (Å²) in [5.41, 5.74) is 4.03. The number of benzene rings is 2. The molecule has 2 aromatic rings. The summed E-state index contributed by atoms with van der Waals surface area (Å²) in [6, 6.07) is 19.6. The number of carboxylic acid groups (broad SMARTS) is 1. The van der Waals surface area contributed by atoms with Crippen molar-refractivity contribution in [2.45, 2.75) is 34.1 Å². The van der Waals surface area contributed by atoms with Gasteiger partial charge in [0, 0.05) is 6.42 Å². The van der Waals surface area contributed by atoms with Gasteiger partial charge in [-0.2, -0.15) is 0 Å². The number of esters is 1. The Kier molecular flexibility index (Phi) is 10.9. The van der Waals surface area contributed by atoms with Crippen molar-refractivity contribution in [1.29, 1.82) is 0 Å². The van der Waals surface area contributed by atoms with Gasteiger partial charge in [-0.1, -0.05) is 94.1 Å². The minimum Gasteiger partial charge on any atom is -0.481 e. The zero-order chi connectivity index (χ0) is 22.5. The second-order valence-electron chi connectivity index (χ2n) is 7.00. The van der Waals surface area contributed by atoms with Crippen LogP contribution in [0.1, 0.15) is 45.2 Å². The molecule has 2 aromatic carbocycles. The normalized spacial score (nSPS) is 12.7. The molecule has 0 heterocycles. The fourth-order valence-electron chi connectivity index (χ4n) is 2.68. The zero-order valence-corrected chi connectivity index (χ0v) is 18.3. The molecule has 4 nitrogen and oxygen atoms in total. The third kappa shape index (κ3) is 8.08. The maximum atomic E-state index is 11.0. The highest BCUT2D eigenvalue weighted by Gasteiger charge is 2.22.